The zero-order valence-corrected chi connectivity index (χ0v) is 17.4. The molecule has 1 amide bonds. The van der Waals surface area contributed by atoms with E-state index in [2.05, 4.69) is 40.1 Å². The highest BCUT2D eigenvalue weighted by Crippen LogP contribution is 2.69. The summed E-state index contributed by atoms with van der Waals surface area (Å²) in [5.74, 6) is 0.512. The van der Waals surface area contributed by atoms with Gasteiger partial charge in [0.15, 0.2) is 6.54 Å². The third-order valence-corrected chi connectivity index (χ3v) is 10.3. The minimum Gasteiger partial charge on any atom is -0.315 e. The molecular formula is C20H33N2O3S+. The lowest BCUT2D eigenvalue weighted by Gasteiger charge is -2.39. The molecule has 0 N–H and O–H groups in total. The maximum atomic E-state index is 13.3. The summed E-state index contributed by atoms with van der Waals surface area (Å²) in [6, 6.07) is 0.180. The Labute approximate surface area is 158 Å². The van der Waals surface area contributed by atoms with Gasteiger partial charge in [0, 0.05) is 11.8 Å². The number of carbonyl (C=O) groups excluding carboxylic acids is 1. The van der Waals surface area contributed by atoms with Gasteiger partial charge in [0.25, 0.3) is 5.91 Å². The molecule has 6 heteroatoms. The molecule has 5 nitrogen and oxygen atoms in total. The van der Waals surface area contributed by atoms with Gasteiger partial charge < -0.3 is 4.48 Å². The van der Waals surface area contributed by atoms with Crippen LogP contribution in [-0.2, 0) is 14.8 Å². The molecule has 0 aromatic rings. The normalized spacial score (nSPS) is 40.0. The largest absolute Gasteiger partial charge is 0.315 e. The topological polar surface area (TPSA) is 54.5 Å². The SMILES string of the molecule is CC1(C)[C@H]2CC[C@@]13CS(=O)(=O)N(C(=O)C[N+](C)(C)C1C=CCCC1)[C@H]3C2. The maximum Gasteiger partial charge on any atom is 0.291 e. The summed E-state index contributed by atoms with van der Waals surface area (Å²) in [7, 11) is 0.606. The summed E-state index contributed by atoms with van der Waals surface area (Å²) in [4.78, 5) is 13.3. The molecule has 3 aliphatic carbocycles. The Balaban J connectivity index is 1.60. The second-order valence-electron chi connectivity index (χ2n) is 10.2. The molecule has 0 aromatic heterocycles. The van der Waals surface area contributed by atoms with Crippen LogP contribution in [0.2, 0.25) is 0 Å². The van der Waals surface area contributed by atoms with Gasteiger partial charge in [0.1, 0.15) is 6.04 Å². The molecule has 146 valence electrons. The van der Waals surface area contributed by atoms with Crippen molar-refractivity contribution in [1.29, 1.82) is 0 Å². The van der Waals surface area contributed by atoms with Crippen molar-refractivity contribution in [3.63, 3.8) is 0 Å². The number of nitrogens with zero attached hydrogens (tertiary/aromatic N) is 2. The van der Waals surface area contributed by atoms with E-state index >= 15 is 0 Å². The number of sulfonamides is 1. The number of allylic oxidation sites excluding steroid dienone is 1. The number of hydrogen-bond acceptors (Lipinski definition) is 3. The van der Waals surface area contributed by atoms with E-state index in [1.54, 1.807) is 0 Å². The number of quaternary nitrogens is 1. The van der Waals surface area contributed by atoms with Crippen molar-refractivity contribution in [1.82, 2.24) is 4.31 Å². The van der Waals surface area contributed by atoms with Crippen LogP contribution in [-0.4, -0.2) is 61.6 Å². The molecule has 2 saturated carbocycles. The van der Waals surface area contributed by atoms with Crippen molar-refractivity contribution in [2.75, 3.05) is 26.4 Å². The molecule has 1 aliphatic heterocycles. The minimum atomic E-state index is -3.51. The Morgan fingerprint density at radius 1 is 1.27 bits per heavy atom. The molecule has 4 rings (SSSR count). The molecule has 26 heavy (non-hydrogen) atoms. The van der Waals surface area contributed by atoms with Crippen LogP contribution in [0.3, 0.4) is 0 Å². The van der Waals surface area contributed by atoms with Crippen molar-refractivity contribution in [3.05, 3.63) is 12.2 Å². The van der Waals surface area contributed by atoms with Gasteiger partial charge in [0.05, 0.1) is 25.9 Å². The van der Waals surface area contributed by atoms with Crippen LogP contribution in [0, 0.1) is 16.7 Å². The fraction of sp³-hybridized carbons (Fsp3) is 0.850. The standard InChI is InChI=1S/C20H33N2O3S/c1-19(2)15-10-11-20(19)14-26(24,25)21(17(20)12-15)18(23)13-22(3,4)16-8-6-5-7-9-16/h6,8,15-17H,5,7,9-14H2,1-4H3/q+1/t15-,16?,17-,20-/m0/s1. The first-order valence-corrected chi connectivity index (χ1v) is 11.7. The van der Waals surface area contributed by atoms with Gasteiger partial charge in [-0.3, -0.25) is 4.79 Å². The molecular weight excluding hydrogens is 348 g/mol. The van der Waals surface area contributed by atoms with Crippen LogP contribution < -0.4 is 0 Å². The molecule has 1 heterocycles. The van der Waals surface area contributed by atoms with Gasteiger partial charge in [-0.2, -0.15) is 0 Å². The number of amides is 1. The first kappa shape index (κ1) is 18.5. The van der Waals surface area contributed by atoms with E-state index < -0.39 is 10.0 Å². The van der Waals surface area contributed by atoms with E-state index in [0.717, 1.165) is 38.5 Å². The summed E-state index contributed by atoms with van der Waals surface area (Å²) in [6.07, 6.45) is 10.6. The fourth-order valence-corrected chi connectivity index (χ4v) is 9.07. The predicted molar refractivity (Wildman–Crippen MR) is 102 cm³/mol. The maximum absolute atomic E-state index is 13.3. The van der Waals surface area contributed by atoms with Crippen molar-refractivity contribution < 1.29 is 17.7 Å². The van der Waals surface area contributed by atoms with Crippen LogP contribution in [0.4, 0.5) is 0 Å². The second-order valence-corrected chi connectivity index (χ2v) is 12.0. The van der Waals surface area contributed by atoms with Gasteiger partial charge in [-0.25, -0.2) is 12.7 Å². The van der Waals surface area contributed by atoms with E-state index in [1.807, 2.05) is 0 Å². The van der Waals surface area contributed by atoms with Crippen molar-refractivity contribution in [2.24, 2.45) is 16.7 Å². The summed E-state index contributed by atoms with van der Waals surface area (Å²) < 4.78 is 27.9. The van der Waals surface area contributed by atoms with Crippen molar-refractivity contribution in [3.8, 4) is 0 Å². The molecule has 1 saturated heterocycles. The first-order valence-electron chi connectivity index (χ1n) is 10.1. The van der Waals surface area contributed by atoms with E-state index in [9.17, 15) is 13.2 Å². The number of likely N-dealkylation sites (N-methyl/N-ethyl adjacent to an activating group) is 1. The van der Waals surface area contributed by atoms with Gasteiger partial charge in [0.2, 0.25) is 10.0 Å². The van der Waals surface area contributed by atoms with Crippen LogP contribution in [0.15, 0.2) is 12.2 Å². The Kier molecular flexibility index (Phi) is 3.96. The summed E-state index contributed by atoms with van der Waals surface area (Å²) >= 11 is 0. The summed E-state index contributed by atoms with van der Waals surface area (Å²) in [5.41, 5.74) is -0.218. The Bertz CT molecular complexity index is 755. The number of carbonyl (C=O) groups is 1. The average Bonchev–Trinajstić information content (AvgIpc) is 3.02. The van der Waals surface area contributed by atoms with Gasteiger partial charge in [-0.15, -0.1) is 0 Å². The van der Waals surface area contributed by atoms with Crippen LogP contribution >= 0.6 is 0 Å². The molecule has 0 radical (unpaired) electrons. The Hall–Kier alpha value is -0.880. The second kappa shape index (κ2) is 5.57. The third-order valence-electron chi connectivity index (χ3n) is 8.33. The summed E-state index contributed by atoms with van der Waals surface area (Å²) in [5, 5.41) is 0. The van der Waals surface area contributed by atoms with Crippen LogP contribution in [0.5, 0.6) is 0 Å². The van der Waals surface area contributed by atoms with Crippen LogP contribution in [0.25, 0.3) is 0 Å². The molecule has 1 unspecified atom stereocenters. The van der Waals surface area contributed by atoms with Crippen molar-refractivity contribution >= 4 is 15.9 Å². The molecule has 4 aliphatic rings. The van der Waals surface area contributed by atoms with Gasteiger partial charge >= 0.3 is 0 Å². The third kappa shape index (κ3) is 2.37. The van der Waals surface area contributed by atoms with E-state index in [4.69, 9.17) is 0 Å². The van der Waals surface area contributed by atoms with E-state index in [-0.39, 0.29) is 35.1 Å². The first-order chi connectivity index (χ1) is 12.0. The molecule has 2 bridgehead atoms. The molecule has 4 atom stereocenters. The van der Waals surface area contributed by atoms with E-state index in [0.29, 0.717) is 16.4 Å². The lowest BCUT2D eigenvalue weighted by Crippen LogP contribution is -2.56. The zero-order chi connectivity index (χ0) is 19.0. The fourth-order valence-electron chi connectivity index (χ4n) is 6.53. The van der Waals surface area contributed by atoms with Crippen molar-refractivity contribution in [2.45, 2.75) is 64.5 Å². The highest BCUT2D eigenvalue weighted by Gasteiger charge is 2.72. The summed E-state index contributed by atoms with van der Waals surface area (Å²) in [6.45, 7) is 4.70. The quantitative estimate of drug-likeness (QED) is 0.558. The highest BCUT2D eigenvalue weighted by atomic mass is 32.2. The molecule has 0 aromatic carbocycles. The lowest BCUT2D eigenvalue weighted by molar-refractivity contribution is -0.901. The Morgan fingerprint density at radius 3 is 2.62 bits per heavy atom. The molecule has 1 spiro atoms. The molecule has 3 fully saturated rings. The number of hydrogen-bond donors (Lipinski definition) is 0. The predicted octanol–water partition coefficient (Wildman–Crippen LogP) is 2.54. The monoisotopic (exact) mass is 381 g/mol. The number of rotatable bonds is 3. The highest BCUT2D eigenvalue weighted by molar-refractivity contribution is 7.90. The Morgan fingerprint density at radius 2 is 2.00 bits per heavy atom. The number of fused-ring (bicyclic) bond motifs is 1. The minimum absolute atomic E-state index is 0.0102. The lowest BCUT2D eigenvalue weighted by atomic mass is 9.69. The average molecular weight is 382 g/mol. The smallest absolute Gasteiger partial charge is 0.291 e. The zero-order valence-electron chi connectivity index (χ0n) is 16.6. The van der Waals surface area contributed by atoms with Crippen LogP contribution in [0.1, 0.15) is 52.4 Å². The van der Waals surface area contributed by atoms with Gasteiger partial charge in [-0.1, -0.05) is 19.9 Å². The van der Waals surface area contributed by atoms with Gasteiger partial charge in [-0.05, 0) is 49.5 Å². The van der Waals surface area contributed by atoms with E-state index in [1.165, 1.54) is 4.31 Å².